The van der Waals surface area contributed by atoms with Crippen LogP contribution in [0.25, 0.3) is 5.82 Å². The highest BCUT2D eigenvalue weighted by molar-refractivity contribution is 5.79. The molecule has 0 bridgehead atoms. The summed E-state index contributed by atoms with van der Waals surface area (Å²) in [7, 11) is 0. The number of hydrogen-bond acceptors (Lipinski definition) is 6. The van der Waals surface area contributed by atoms with Gasteiger partial charge in [-0.1, -0.05) is 6.42 Å². The number of esters is 1. The molecule has 0 saturated heterocycles. The molecular weight excluding hydrogens is 318 g/mol. The van der Waals surface area contributed by atoms with E-state index < -0.39 is 5.41 Å². The second kappa shape index (κ2) is 6.13. The highest BCUT2D eigenvalue weighted by Gasteiger charge is 2.61. The van der Waals surface area contributed by atoms with E-state index >= 15 is 0 Å². The van der Waals surface area contributed by atoms with Crippen LogP contribution in [-0.4, -0.2) is 38.6 Å². The number of ether oxygens (including phenoxy) is 1. The molecule has 0 aromatic carbocycles. The number of carbonyl (C=O) groups excluding carboxylic acids is 1. The van der Waals surface area contributed by atoms with Crippen LogP contribution >= 0.6 is 0 Å². The number of imidazole rings is 1. The van der Waals surface area contributed by atoms with Crippen molar-refractivity contribution in [2.24, 2.45) is 10.8 Å². The van der Waals surface area contributed by atoms with E-state index in [2.05, 4.69) is 20.3 Å². The van der Waals surface area contributed by atoms with Crippen molar-refractivity contribution in [3.63, 3.8) is 0 Å². The molecule has 0 atom stereocenters. The normalized spacial score (nSPS) is 19.7. The highest BCUT2D eigenvalue weighted by Crippen LogP contribution is 2.64. The molecule has 2 aromatic heterocycles. The van der Waals surface area contributed by atoms with E-state index in [-0.39, 0.29) is 5.97 Å². The van der Waals surface area contributed by atoms with Crippen LogP contribution in [0.15, 0.2) is 31.0 Å². The summed E-state index contributed by atoms with van der Waals surface area (Å²) in [5.74, 6) is 1.17. The Morgan fingerprint density at radius 3 is 2.84 bits per heavy atom. The van der Waals surface area contributed by atoms with Gasteiger partial charge in [0, 0.05) is 25.1 Å². The molecule has 4 rings (SSSR count). The van der Waals surface area contributed by atoms with E-state index in [1.54, 1.807) is 18.7 Å². The minimum absolute atomic E-state index is 0.0919. The predicted molar refractivity (Wildman–Crippen MR) is 92.2 cm³/mol. The highest BCUT2D eigenvalue weighted by atomic mass is 16.5. The van der Waals surface area contributed by atoms with Crippen LogP contribution < -0.4 is 5.32 Å². The molecule has 0 amide bonds. The number of rotatable bonds is 6. The molecule has 2 aliphatic rings. The molecular formula is C18H23N5O2. The maximum Gasteiger partial charge on any atom is 0.313 e. The van der Waals surface area contributed by atoms with Gasteiger partial charge in [0.05, 0.1) is 12.0 Å². The summed E-state index contributed by atoms with van der Waals surface area (Å²) in [6, 6.07) is 1.82. The fourth-order valence-corrected chi connectivity index (χ4v) is 4.26. The van der Waals surface area contributed by atoms with Gasteiger partial charge in [-0.3, -0.25) is 9.36 Å². The molecule has 2 heterocycles. The average Bonchev–Trinajstić information content (AvgIpc) is 3.07. The minimum atomic E-state index is -0.440. The van der Waals surface area contributed by atoms with Crippen molar-refractivity contribution >= 4 is 11.9 Å². The van der Waals surface area contributed by atoms with Gasteiger partial charge in [0.1, 0.15) is 12.1 Å². The lowest BCUT2D eigenvalue weighted by Gasteiger charge is -2.59. The Morgan fingerprint density at radius 1 is 1.36 bits per heavy atom. The Bertz CT molecular complexity index is 747. The first kappa shape index (κ1) is 16.1. The third-order valence-electron chi connectivity index (χ3n) is 5.54. The average molecular weight is 341 g/mol. The van der Waals surface area contributed by atoms with Gasteiger partial charge < -0.3 is 10.1 Å². The number of nitrogens with zero attached hydrogens (tertiary/aromatic N) is 4. The summed E-state index contributed by atoms with van der Waals surface area (Å²) in [5, 5.41) is 3.26. The molecule has 0 unspecified atom stereocenters. The summed E-state index contributed by atoms with van der Waals surface area (Å²) < 4.78 is 7.17. The predicted octanol–water partition coefficient (Wildman–Crippen LogP) is 2.59. The van der Waals surface area contributed by atoms with Crippen LogP contribution in [0.5, 0.6) is 0 Å². The lowest BCUT2D eigenvalue weighted by atomic mass is 9.45. The molecule has 7 heteroatoms. The summed E-state index contributed by atoms with van der Waals surface area (Å²) in [6.45, 7) is 2.79. The third kappa shape index (κ3) is 2.88. The van der Waals surface area contributed by atoms with Crippen LogP contribution in [0.3, 0.4) is 0 Å². The Hall–Kier alpha value is -2.44. The number of hydrogen-bond donors (Lipinski definition) is 1. The van der Waals surface area contributed by atoms with Crippen LogP contribution in [0.4, 0.5) is 5.95 Å². The van der Waals surface area contributed by atoms with Gasteiger partial charge in [-0.2, -0.15) is 4.98 Å². The zero-order valence-corrected chi connectivity index (χ0v) is 14.4. The zero-order valence-electron chi connectivity index (χ0n) is 14.4. The van der Waals surface area contributed by atoms with E-state index in [4.69, 9.17) is 4.74 Å². The monoisotopic (exact) mass is 341 g/mol. The maximum absolute atomic E-state index is 12.5. The fraction of sp³-hybridized carbons (Fsp3) is 0.556. The van der Waals surface area contributed by atoms with Gasteiger partial charge in [-0.15, -0.1) is 0 Å². The van der Waals surface area contributed by atoms with Gasteiger partial charge >= 0.3 is 5.97 Å². The molecule has 1 spiro atoms. The molecule has 2 saturated carbocycles. The van der Waals surface area contributed by atoms with Crippen molar-refractivity contribution in [1.29, 1.82) is 0 Å². The topological polar surface area (TPSA) is 81.9 Å². The molecule has 7 nitrogen and oxygen atoms in total. The number of anilines is 1. The minimum Gasteiger partial charge on any atom is -0.466 e. The summed E-state index contributed by atoms with van der Waals surface area (Å²) >= 11 is 0. The summed E-state index contributed by atoms with van der Waals surface area (Å²) in [4.78, 5) is 25.3. The van der Waals surface area contributed by atoms with Crippen LogP contribution in [0.1, 0.15) is 39.0 Å². The maximum atomic E-state index is 12.5. The molecule has 25 heavy (non-hydrogen) atoms. The van der Waals surface area contributed by atoms with Crippen LogP contribution in [0, 0.1) is 10.8 Å². The van der Waals surface area contributed by atoms with E-state index in [9.17, 15) is 4.79 Å². The van der Waals surface area contributed by atoms with Gasteiger partial charge in [-0.25, -0.2) is 9.97 Å². The number of aromatic nitrogens is 4. The van der Waals surface area contributed by atoms with Crippen molar-refractivity contribution < 1.29 is 9.53 Å². The summed E-state index contributed by atoms with van der Waals surface area (Å²) in [6.07, 6.45) is 12.5. The first-order valence-electron chi connectivity index (χ1n) is 8.87. The third-order valence-corrected chi connectivity index (χ3v) is 5.54. The van der Waals surface area contributed by atoms with E-state index in [1.165, 1.54) is 19.3 Å². The SMILES string of the molecule is CCOC(=O)C1(CNc2nccc(-n3ccnc3)n2)CC2(CCC2)C1. The van der Waals surface area contributed by atoms with Crippen molar-refractivity contribution in [3.05, 3.63) is 31.0 Å². The van der Waals surface area contributed by atoms with Gasteiger partial charge in [0.25, 0.3) is 0 Å². The van der Waals surface area contributed by atoms with Crippen LogP contribution in [0.2, 0.25) is 0 Å². The Balaban J connectivity index is 1.46. The van der Waals surface area contributed by atoms with E-state index in [0.717, 1.165) is 18.7 Å². The quantitative estimate of drug-likeness (QED) is 0.813. The van der Waals surface area contributed by atoms with Crippen molar-refractivity contribution in [3.8, 4) is 5.82 Å². The molecule has 2 aliphatic carbocycles. The van der Waals surface area contributed by atoms with Crippen molar-refractivity contribution in [2.45, 2.75) is 39.0 Å². The first-order chi connectivity index (χ1) is 12.1. The molecule has 0 aliphatic heterocycles. The Kier molecular flexibility index (Phi) is 3.94. The van der Waals surface area contributed by atoms with Gasteiger partial charge in [-0.05, 0) is 44.1 Å². The lowest BCUT2D eigenvalue weighted by molar-refractivity contribution is -0.178. The second-order valence-electron chi connectivity index (χ2n) is 7.27. The largest absolute Gasteiger partial charge is 0.466 e. The van der Waals surface area contributed by atoms with Crippen LogP contribution in [-0.2, 0) is 9.53 Å². The van der Waals surface area contributed by atoms with Gasteiger partial charge in [0.2, 0.25) is 5.95 Å². The molecule has 1 N–H and O–H groups in total. The molecule has 2 aromatic rings. The van der Waals surface area contributed by atoms with Gasteiger partial charge in [0.15, 0.2) is 0 Å². The standard InChI is InChI=1S/C18H23N5O2/c1-2-25-15(24)18(10-17(11-18)5-3-6-17)12-21-16-20-7-4-14(22-16)23-9-8-19-13-23/h4,7-9,13H,2-3,5-6,10-12H2,1H3,(H,20,21,22). The van der Waals surface area contributed by atoms with E-state index in [0.29, 0.717) is 24.5 Å². The fourth-order valence-electron chi connectivity index (χ4n) is 4.26. The smallest absolute Gasteiger partial charge is 0.313 e. The molecule has 0 radical (unpaired) electrons. The first-order valence-corrected chi connectivity index (χ1v) is 8.87. The second-order valence-corrected chi connectivity index (χ2v) is 7.27. The molecule has 2 fully saturated rings. The molecule has 132 valence electrons. The number of nitrogens with one attached hydrogen (secondary N) is 1. The summed E-state index contributed by atoms with van der Waals surface area (Å²) in [5.41, 5.74) is -0.0568. The lowest BCUT2D eigenvalue weighted by Crippen LogP contribution is -2.58. The zero-order chi connectivity index (χ0) is 17.3. The Morgan fingerprint density at radius 2 is 2.20 bits per heavy atom. The van der Waals surface area contributed by atoms with Crippen molar-refractivity contribution in [2.75, 3.05) is 18.5 Å². The van der Waals surface area contributed by atoms with E-state index in [1.807, 2.05) is 23.8 Å². The van der Waals surface area contributed by atoms with Crippen molar-refractivity contribution in [1.82, 2.24) is 19.5 Å². The number of carbonyl (C=O) groups is 1. The Labute approximate surface area is 146 Å².